The smallest absolute Gasteiger partial charge is 0.253 e. The van der Waals surface area contributed by atoms with Gasteiger partial charge in [0.25, 0.3) is 5.91 Å². The second kappa shape index (κ2) is 10.6. The summed E-state index contributed by atoms with van der Waals surface area (Å²) in [4.78, 5) is 32.3. The zero-order valence-corrected chi connectivity index (χ0v) is 21.7. The minimum Gasteiger partial charge on any atom is -0.337 e. The molecule has 2 bridgehead atoms. The molecular formula is C29H43N3O2. The molecule has 5 nitrogen and oxygen atoms in total. The minimum absolute atomic E-state index is 0.132. The van der Waals surface area contributed by atoms with E-state index in [-0.39, 0.29) is 11.8 Å². The summed E-state index contributed by atoms with van der Waals surface area (Å²) in [6.45, 7) is 14.7. The highest BCUT2D eigenvalue weighted by Crippen LogP contribution is 2.59. The largest absolute Gasteiger partial charge is 0.337 e. The van der Waals surface area contributed by atoms with Gasteiger partial charge in [-0.05, 0) is 60.6 Å². The maximum Gasteiger partial charge on any atom is 0.253 e. The van der Waals surface area contributed by atoms with Crippen molar-refractivity contribution in [2.24, 2.45) is 17.3 Å². The van der Waals surface area contributed by atoms with Crippen molar-refractivity contribution in [3.05, 3.63) is 47.0 Å². The van der Waals surface area contributed by atoms with Gasteiger partial charge in [-0.25, -0.2) is 0 Å². The van der Waals surface area contributed by atoms with E-state index in [0.29, 0.717) is 17.8 Å². The molecule has 0 spiro atoms. The summed E-state index contributed by atoms with van der Waals surface area (Å²) in [5.41, 5.74) is 3.92. The van der Waals surface area contributed by atoms with Crippen LogP contribution in [0.5, 0.6) is 0 Å². The quantitative estimate of drug-likeness (QED) is 0.500. The van der Waals surface area contributed by atoms with Gasteiger partial charge in [0, 0.05) is 57.8 Å². The molecule has 2 amide bonds. The van der Waals surface area contributed by atoms with Crippen molar-refractivity contribution >= 4 is 11.8 Å². The number of benzene rings is 1. The lowest BCUT2D eigenvalue weighted by Crippen LogP contribution is -2.52. The van der Waals surface area contributed by atoms with Crippen LogP contribution in [0.25, 0.3) is 0 Å². The van der Waals surface area contributed by atoms with E-state index < -0.39 is 0 Å². The van der Waals surface area contributed by atoms with Crippen molar-refractivity contribution in [1.82, 2.24) is 14.7 Å². The fraction of sp³-hybridized carbons (Fsp3) is 0.655. The first-order valence-electron chi connectivity index (χ1n) is 13.4. The van der Waals surface area contributed by atoms with E-state index in [9.17, 15) is 9.59 Å². The van der Waals surface area contributed by atoms with Gasteiger partial charge in [-0.3, -0.25) is 14.5 Å². The van der Waals surface area contributed by atoms with Gasteiger partial charge in [0.1, 0.15) is 0 Å². The summed E-state index contributed by atoms with van der Waals surface area (Å²) < 4.78 is 0. The molecule has 2 atom stereocenters. The highest BCUT2D eigenvalue weighted by Gasteiger charge is 2.51. The van der Waals surface area contributed by atoms with E-state index in [0.717, 1.165) is 70.1 Å². The molecule has 1 saturated heterocycles. The molecule has 0 N–H and O–H groups in total. The normalized spacial score (nSPS) is 23.8. The third-order valence-electron chi connectivity index (χ3n) is 8.73. The summed E-state index contributed by atoms with van der Waals surface area (Å²) in [5.74, 6) is 1.88. The van der Waals surface area contributed by atoms with Gasteiger partial charge in [0.05, 0.1) is 0 Å². The van der Waals surface area contributed by atoms with Crippen molar-refractivity contribution in [1.29, 1.82) is 0 Å². The third kappa shape index (κ3) is 5.25. The molecule has 5 rings (SSSR count). The maximum absolute atomic E-state index is 12.9. The lowest BCUT2D eigenvalue weighted by Gasteiger charge is -2.57. The Morgan fingerprint density at radius 1 is 1.06 bits per heavy atom. The second-order valence-electron chi connectivity index (χ2n) is 11.1. The third-order valence-corrected chi connectivity index (χ3v) is 8.73. The molecule has 4 aliphatic rings. The van der Waals surface area contributed by atoms with Crippen molar-refractivity contribution in [3.63, 3.8) is 0 Å². The van der Waals surface area contributed by atoms with E-state index in [1.807, 2.05) is 17.0 Å². The van der Waals surface area contributed by atoms with Gasteiger partial charge in [-0.15, -0.1) is 0 Å². The molecule has 3 aliphatic carbocycles. The number of carbonyl (C=O) groups is 2. The van der Waals surface area contributed by atoms with Gasteiger partial charge in [-0.1, -0.05) is 51.5 Å². The van der Waals surface area contributed by atoms with Crippen LogP contribution >= 0.6 is 0 Å². The van der Waals surface area contributed by atoms with Crippen LogP contribution in [0.2, 0.25) is 0 Å². The lowest BCUT2D eigenvalue weighted by molar-refractivity contribution is -0.131. The number of carbonyl (C=O) groups excluding carboxylic acids is 2. The van der Waals surface area contributed by atoms with Gasteiger partial charge < -0.3 is 9.80 Å². The fourth-order valence-corrected chi connectivity index (χ4v) is 6.04. The van der Waals surface area contributed by atoms with Gasteiger partial charge in [0.15, 0.2) is 0 Å². The van der Waals surface area contributed by atoms with Crippen LogP contribution in [0.15, 0.2) is 35.9 Å². The van der Waals surface area contributed by atoms with Crippen molar-refractivity contribution in [2.45, 2.75) is 59.8 Å². The average molecular weight is 466 g/mol. The van der Waals surface area contributed by atoms with Gasteiger partial charge in [-0.2, -0.15) is 0 Å². The van der Waals surface area contributed by atoms with E-state index >= 15 is 0 Å². The number of aryl methyl sites for hydroxylation is 1. The SMILES string of the molecule is CCCC(=O)N(CCN1CCN(C(=O)c2ccc(CC)cc2)CC1)CC1=CCC2CC1C2(C)C. The van der Waals surface area contributed by atoms with Crippen LogP contribution in [0.3, 0.4) is 0 Å². The number of nitrogens with zero attached hydrogens (tertiary/aromatic N) is 3. The molecule has 1 aromatic rings. The Kier molecular flexibility index (Phi) is 7.81. The van der Waals surface area contributed by atoms with Crippen molar-refractivity contribution in [3.8, 4) is 0 Å². The monoisotopic (exact) mass is 465 g/mol. The summed E-state index contributed by atoms with van der Waals surface area (Å²) in [5, 5.41) is 0. The average Bonchev–Trinajstić information content (AvgIpc) is 2.86. The summed E-state index contributed by atoms with van der Waals surface area (Å²) >= 11 is 0. The summed E-state index contributed by atoms with van der Waals surface area (Å²) in [7, 11) is 0. The highest BCUT2D eigenvalue weighted by molar-refractivity contribution is 5.94. The first kappa shape index (κ1) is 25.0. The molecule has 2 fully saturated rings. The summed E-state index contributed by atoms with van der Waals surface area (Å²) in [6.07, 6.45) is 7.40. The Hall–Kier alpha value is -2.14. The number of piperazine rings is 1. The lowest BCUT2D eigenvalue weighted by atomic mass is 9.49. The van der Waals surface area contributed by atoms with Crippen LogP contribution in [-0.4, -0.2) is 72.3 Å². The maximum atomic E-state index is 12.9. The van der Waals surface area contributed by atoms with E-state index in [2.05, 4.69) is 55.7 Å². The van der Waals surface area contributed by atoms with E-state index in [1.165, 1.54) is 24.0 Å². The van der Waals surface area contributed by atoms with Crippen molar-refractivity contribution < 1.29 is 9.59 Å². The minimum atomic E-state index is 0.132. The zero-order chi connectivity index (χ0) is 24.3. The fourth-order valence-electron chi connectivity index (χ4n) is 6.04. The first-order chi connectivity index (χ1) is 16.3. The standard InChI is InChI=1S/C29H43N3O2/c1-5-7-27(33)32(21-24-12-13-25-20-26(24)29(25,3)4)19-16-30-14-17-31(18-15-30)28(34)23-10-8-22(6-2)9-11-23/h8-12,25-26H,5-7,13-21H2,1-4H3. The molecule has 1 saturated carbocycles. The molecule has 1 aliphatic heterocycles. The Morgan fingerprint density at radius 2 is 1.76 bits per heavy atom. The highest BCUT2D eigenvalue weighted by atomic mass is 16.2. The number of rotatable bonds is 9. The molecular weight excluding hydrogens is 422 g/mol. The molecule has 186 valence electrons. The van der Waals surface area contributed by atoms with Gasteiger partial charge >= 0.3 is 0 Å². The number of hydrogen-bond acceptors (Lipinski definition) is 3. The predicted octanol–water partition coefficient (Wildman–Crippen LogP) is 4.63. The topological polar surface area (TPSA) is 43.9 Å². The molecule has 1 aromatic carbocycles. The zero-order valence-electron chi connectivity index (χ0n) is 21.7. The molecule has 1 heterocycles. The molecule has 2 unspecified atom stereocenters. The number of hydrogen-bond donors (Lipinski definition) is 0. The van der Waals surface area contributed by atoms with Crippen molar-refractivity contribution in [2.75, 3.05) is 45.8 Å². The van der Waals surface area contributed by atoms with Crippen LogP contribution < -0.4 is 0 Å². The Morgan fingerprint density at radius 3 is 2.35 bits per heavy atom. The summed E-state index contributed by atoms with van der Waals surface area (Å²) in [6, 6.07) is 8.02. The van der Waals surface area contributed by atoms with Crippen LogP contribution in [0.1, 0.15) is 69.3 Å². The molecule has 5 heteroatoms. The number of amides is 2. The van der Waals surface area contributed by atoms with E-state index in [1.54, 1.807) is 0 Å². The molecule has 34 heavy (non-hydrogen) atoms. The second-order valence-corrected chi connectivity index (χ2v) is 11.1. The number of allylic oxidation sites excluding steroid dienone is 1. The van der Waals surface area contributed by atoms with Crippen LogP contribution in [-0.2, 0) is 11.2 Å². The van der Waals surface area contributed by atoms with Crippen LogP contribution in [0.4, 0.5) is 0 Å². The first-order valence-corrected chi connectivity index (χ1v) is 13.4. The van der Waals surface area contributed by atoms with Crippen LogP contribution in [0, 0.1) is 17.3 Å². The van der Waals surface area contributed by atoms with Gasteiger partial charge in [0.2, 0.25) is 5.91 Å². The number of fused-ring (bicyclic) bond motifs is 1. The molecule has 0 radical (unpaired) electrons. The molecule has 0 aromatic heterocycles. The Labute approximate surface area is 206 Å². The Bertz CT molecular complexity index is 896. The van der Waals surface area contributed by atoms with E-state index in [4.69, 9.17) is 0 Å². The predicted molar refractivity (Wildman–Crippen MR) is 138 cm³/mol. The Balaban J connectivity index is 1.29.